The highest BCUT2D eigenvalue weighted by Gasteiger charge is 2.45. The maximum atomic E-state index is 14.9. The van der Waals surface area contributed by atoms with E-state index in [2.05, 4.69) is 15.0 Å². The fourth-order valence-corrected chi connectivity index (χ4v) is 4.31. The number of nitrogens with one attached hydrogen (secondary N) is 1. The topological polar surface area (TPSA) is 64.4 Å². The first kappa shape index (κ1) is 30.5. The molecule has 0 fully saturated rings. The Morgan fingerprint density at radius 1 is 0.952 bits per heavy atom. The molecule has 1 amide bonds. The summed E-state index contributed by atoms with van der Waals surface area (Å²) in [6, 6.07) is 11.1. The van der Waals surface area contributed by atoms with Gasteiger partial charge in [0.1, 0.15) is 17.4 Å². The number of aromatic nitrogens is 1. The van der Waals surface area contributed by atoms with Crippen LogP contribution in [-0.4, -0.2) is 23.4 Å². The van der Waals surface area contributed by atoms with E-state index in [0.717, 1.165) is 12.5 Å². The molecule has 14 heteroatoms. The molecule has 0 aliphatic rings. The van der Waals surface area contributed by atoms with Gasteiger partial charge in [0.2, 0.25) is 5.76 Å². The van der Waals surface area contributed by atoms with Crippen LogP contribution in [0.4, 0.5) is 39.5 Å². The molecule has 5 nitrogen and oxygen atoms in total. The van der Waals surface area contributed by atoms with Crippen LogP contribution in [0.25, 0.3) is 0 Å². The SMILES string of the molecule is Cc1ncoc1C(=O)NC(Cc1ccccc1)(c1cc(F)cc(OC(F)(F)C(F)F)c1)c1ccc(F)c(C(F)(F)F)c1. The van der Waals surface area contributed by atoms with E-state index >= 15 is 0 Å². The number of amides is 1. The molecule has 0 aliphatic heterocycles. The molecular weight excluding hydrogens is 583 g/mol. The molecule has 0 saturated carbocycles. The number of carbonyl (C=O) groups is 1. The number of alkyl halides is 7. The van der Waals surface area contributed by atoms with Crippen LogP contribution in [0, 0.1) is 18.6 Å². The highest BCUT2D eigenvalue weighted by molar-refractivity contribution is 5.93. The number of oxazole rings is 1. The molecule has 4 rings (SSSR count). The molecule has 1 heterocycles. The van der Waals surface area contributed by atoms with Gasteiger partial charge in [-0.3, -0.25) is 4.79 Å². The van der Waals surface area contributed by atoms with Gasteiger partial charge in [0.25, 0.3) is 5.91 Å². The Morgan fingerprint density at radius 2 is 1.64 bits per heavy atom. The average Bonchev–Trinajstić information content (AvgIpc) is 3.33. The number of aryl methyl sites for hydroxylation is 1. The number of halogens is 9. The third-order valence-corrected chi connectivity index (χ3v) is 6.23. The molecule has 1 atom stereocenters. The number of nitrogens with zero attached hydrogens (tertiary/aromatic N) is 1. The van der Waals surface area contributed by atoms with E-state index in [-0.39, 0.29) is 5.69 Å². The van der Waals surface area contributed by atoms with Crippen LogP contribution in [0.5, 0.6) is 5.75 Å². The van der Waals surface area contributed by atoms with Gasteiger partial charge in [0.15, 0.2) is 6.39 Å². The Balaban J connectivity index is 2.03. The van der Waals surface area contributed by atoms with Gasteiger partial charge < -0.3 is 14.5 Å². The van der Waals surface area contributed by atoms with Crippen LogP contribution in [0.15, 0.2) is 77.5 Å². The summed E-state index contributed by atoms with van der Waals surface area (Å²) < 4.78 is 133. The Bertz CT molecular complexity index is 1570. The molecule has 222 valence electrons. The summed E-state index contributed by atoms with van der Waals surface area (Å²) in [5.41, 5.74) is -4.63. The van der Waals surface area contributed by atoms with Gasteiger partial charge in [-0.2, -0.15) is 30.7 Å². The maximum absolute atomic E-state index is 14.9. The van der Waals surface area contributed by atoms with Crippen LogP contribution >= 0.6 is 0 Å². The lowest BCUT2D eigenvalue weighted by atomic mass is 9.77. The lowest BCUT2D eigenvalue weighted by Gasteiger charge is -2.37. The molecule has 42 heavy (non-hydrogen) atoms. The maximum Gasteiger partial charge on any atom is 0.461 e. The first-order valence-electron chi connectivity index (χ1n) is 11.9. The largest absolute Gasteiger partial charge is 0.461 e. The predicted molar refractivity (Wildman–Crippen MR) is 129 cm³/mol. The highest BCUT2D eigenvalue weighted by atomic mass is 19.4. The van der Waals surface area contributed by atoms with Crippen molar-refractivity contribution < 1.29 is 53.5 Å². The van der Waals surface area contributed by atoms with Crippen molar-refractivity contribution in [2.45, 2.75) is 37.6 Å². The zero-order valence-electron chi connectivity index (χ0n) is 21.3. The second-order valence-electron chi connectivity index (χ2n) is 9.12. The first-order chi connectivity index (χ1) is 19.6. The van der Waals surface area contributed by atoms with Crippen LogP contribution in [-0.2, 0) is 18.1 Å². The second kappa shape index (κ2) is 11.4. The normalized spacial score (nSPS) is 13.6. The monoisotopic (exact) mass is 602 g/mol. The minimum atomic E-state index is -5.22. The number of rotatable bonds is 9. The number of hydrogen-bond acceptors (Lipinski definition) is 4. The van der Waals surface area contributed by atoms with E-state index in [9.17, 15) is 44.3 Å². The molecule has 1 aromatic heterocycles. The molecule has 3 aromatic carbocycles. The molecule has 0 aliphatic carbocycles. The summed E-state index contributed by atoms with van der Waals surface area (Å²) in [4.78, 5) is 17.2. The standard InChI is InChI=1S/C28H19F9N2O3/c1-15-23(41-14-38-15)24(40)39-26(13-16-5-3-2-4-6-16,17-7-8-22(30)21(11-17)27(33,34)35)18-9-19(29)12-20(10-18)42-28(36,37)25(31)32/h2-12,14,25H,13H2,1H3,(H,39,40). The second-order valence-corrected chi connectivity index (χ2v) is 9.12. The average molecular weight is 602 g/mol. The summed E-state index contributed by atoms with van der Waals surface area (Å²) in [7, 11) is 0. The van der Waals surface area contributed by atoms with Gasteiger partial charge in [-0.25, -0.2) is 13.8 Å². The first-order valence-corrected chi connectivity index (χ1v) is 11.9. The van der Waals surface area contributed by atoms with Crippen molar-refractivity contribution in [2.75, 3.05) is 0 Å². The van der Waals surface area contributed by atoms with E-state index < -0.39 is 76.4 Å². The van der Waals surface area contributed by atoms with Gasteiger partial charge in [-0.15, -0.1) is 0 Å². The third kappa shape index (κ3) is 6.37. The fraction of sp³-hybridized carbons (Fsp3) is 0.214. The van der Waals surface area contributed by atoms with E-state index in [1.54, 1.807) is 6.07 Å². The van der Waals surface area contributed by atoms with Crippen molar-refractivity contribution in [3.8, 4) is 5.75 Å². The van der Waals surface area contributed by atoms with Crippen LogP contribution in [0.1, 0.15) is 38.5 Å². The quantitative estimate of drug-likeness (QED) is 0.203. The molecule has 0 saturated heterocycles. The Hall–Kier alpha value is -4.49. The summed E-state index contributed by atoms with van der Waals surface area (Å²) in [6.45, 7) is 1.37. The summed E-state index contributed by atoms with van der Waals surface area (Å²) in [6.07, 6.45) is -14.2. The number of hydrogen-bond donors (Lipinski definition) is 1. The lowest BCUT2D eigenvalue weighted by molar-refractivity contribution is -0.253. The smallest absolute Gasteiger partial charge is 0.438 e. The lowest BCUT2D eigenvalue weighted by Crippen LogP contribution is -2.49. The third-order valence-electron chi connectivity index (χ3n) is 6.23. The van der Waals surface area contributed by atoms with E-state index in [1.165, 1.54) is 31.2 Å². The van der Waals surface area contributed by atoms with Gasteiger partial charge in [-0.05, 0) is 47.9 Å². The summed E-state index contributed by atoms with van der Waals surface area (Å²) in [5.74, 6) is -5.60. The zero-order valence-corrected chi connectivity index (χ0v) is 21.3. The van der Waals surface area contributed by atoms with Crippen LogP contribution in [0.2, 0.25) is 0 Å². The number of carbonyl (C=O) groups excluding carboxylic acids is 1. The minimum Gasteiger partial charge on any atom is -0.438 e. The zero-order chi connectivity index (χ0) is 30.9. The van der Waals surface area contributed by atoms with Crippen molar-refractivity contribution in [1.82, 2.24) is 10.3 Å². The molecule has 0 spiro atoms. The fourth-order valence-electron chi connectivity index (χ4n) is 4.31. The van der Waals surface area contributed by atoms with Crippen molar-refractivity contribution >= 4 is 5.91 Å². The van der Waals surface area contributed by atoms with E-state index in [4.69, 9.17) is 4.42 Å². The summed E-state index contributed by atoms with van der Waals surface area (Å²) >= 11 is 0. The van der Waals surface area contributed by atoms with Gasteiger partial charge in [-0.1, -0.05) is 36.4 Å². The van der Waals surface area contributed by atoms with Gasteiger partial charge in [0, 0.05) is 12.5 Å². The van der Waals surface area contributed by atoms with Crippen molar-refractivity contribution in [3.05, 3.63) is 118 Å². The Morgan fingerprint density at radius 3 is 2.24 bits per heavy atom. The van der Waals surface area contributed by atoms with Crippen molar-refractivity contribution in [1.29, 1.82) is 0 Å². The molecule has 1 N–H and O–H groups in total. The number of benzene rings is 3. The van der Waals surface area contributed by atoms with Crippen LogP contribution < -0.4 is 10.1 Å². The van der Waals surface area contributed by atoms with Gasteiger partial charge >= 0.3 is 18.7 Å². The molecular formula is C28H19F9N2O3. The molecule has 0 radical (unpaired) electrons. The summed E-state index contributed by atoms with van der Waals surface area (Å²) in [5, 5.41) is 2.47. The van der Waals surface area contributed by atoms with Crippen molar-refractivity contribution in [2.24, 2.45) is 0 Å². The molecule has 4 aromatic rings. The highest BCUT2D eigenvalue weighted by Crippen LogP contribution is 2.41. The van der Waals surface area contributed by atoms with Crippen LogP contribution in [0.3, 0.4) is 0 Å². The Kier molecular flexibility index (Phi) is 8.28. The molecule has 1 unspecified atom stereocenters. The predicted octanol–water partition coefficient (Wildman–Crippen LogP) is 7.43. The van der Waals surface area contributed by atoms with E-state index in [1.807, 2.05) is 0 Å². The van der Waals surface area contributed by atoms with E-state index in [0.29, 0.717) is 35.9 Å². The van der Waals surface area contributed by atoms with Gasteiger partial charge in [0.05, 0.1) is 16.8 Å². The number of ether oxygens (including phenoxy) is 1. The Labute approximate surface area is 231 Å². The minimum absolute atomic E-state index is 0.0519. The van der Waals surface area contributed by atoms with Crippen molar-refractivity contribution in [3.63, 3.8) is 0 Å². The molecule has 0 bridgehead atoms.